The molecule has 0 rings (SSSR count). The highest BCUT2D eigenvalue weighted by Crippen LogP contribution is 1.91. The lowest BCUT2D eigenvalue weighted by atomic mass is 10.6. The summed E-state index contributed by atoms with van der Waals surface area (Å²) in [5.74, 6) is 0. The number of allylic oxidation sites excluding steroid dienone is 1. The number of nitriles is 1. The second-order valence-electron chi connectivity index (χ2n) is 0.728. The summed E-state index contributed by atoms with van der Waals surface area (Å²) in [6.45, 7) is 3.16. The van der Waals surface area contributed by atoms with Gasteiger partial charge in [-0.3, -0.25) is 0 Å². The van der Waals surface area contributed by atoms with Gasteiger partial charge in [0.15, 0.2) is 5.03 Å². The van der Waals surface area contributed by atoms with Crippen LogP contribution < -0.4 is 0 Å². The molecule has 7 heavy (non-hydrogen) atoms. The lowest BCUT2D eigenvalue weighted by Crippen LogP contribution is -1.49. The molecule has 2 heteroatoms. The Morgan fingerprint density at radius 2 is 2.29 bits per heavy atom. The second-order valence-corrected chi connectivity index (χ2v) is 1.11. The second kappa shape index (κ2) is 3.28. The van der Waals surface area contributed by atoms with Crippen LogP contribution in [0.3, 0.4) is 0 Å². The fourth-order valence-corrected chi connectivity index (χ4v) is 0.172. The highest BCUT2D eigenvalue weighted by Gasteiger charge is 1.75. The van der Waals surface area contributed by atoms with E-state index in [1.54, 1.807) is 6.07 Å². The Morgan fingerprint density at radius 1 is 1.71 bits per heavy atom. The van der Waals surface area contributed by atoms with Crippen LogP contribution >= 0.6 is 11.6 Å². The minimum atomic E-state index is -0.0185. The summed E-state index contributed by atoms with van der Waals surface area (Å²) in [7, 11) is 0. The zero-order valence-corrected chi connectivity index (χ0v) is 4.29. The lowest BCUT2D eigenvalue weighted by molar-refractivity contribution is 1.53. The molecule has 0 unspecified atom stereocenters. The Morgan fingerprint density at radius 3 is 2.43 bits per heavy atom. The van der Waals surface area contributed by atoms with Crippen LogP contribution in [-0.2, 0) is 0 Å². The summed E-state index contributed by atoms with van der Waals surface area (Å²) in [6, 6.07) is 1.63. The summed E-state index contributed by atoms with van der Waals surface area (Å²) in [4.78, 5) is 0. The molecule has 0 aliphatic rings. The first-order chi connectivity index (χ1) is 3.31. The first-order valence-corrected chi connectivity index (χ1v) is 1.89. The van der Waals surface area contributed by atoms with E-state index in [1.165, 1.54) is 0 Å². The molecule has 0 radical (unpaired) electrons. The number of hydrogen-bond acceptors (Lipinski definition) is 1. The average molecular weight is 112 g/mol. The summed E-state index contributed by atoms with van der Waals surface area (Å²) in [6.07, 6.45) is 0. The van der Waals surface area contributed by atoms with E-state index in [0.29, 0.717) is 0 Å². The van der Waals surface area contributed by atoms with Crippen LogP contribution in [0.2, 0.25) is 0 Å². The van der Waals surface area contributed by atoms with Gasteiger partial charge in [0.1, 0.15) is 6.07 Å². The standard InChI is InChI=1S/C5H2ClN/c1-2-3-5(6)4-7/h1H2. The van der Waals surface area contributed by atoms with Crippen LogP contribution in [0.4, 0.5) is 0 Å². The van der Waals surface area contributed by atoms with Crippen molar-refractivity contribution in [2.75, 3.05) is 0 Å². The molecular formula is C5H2ClN. The van der Waals surface area contributed by atoms with Crippen LogP contribution in [0.25, 0.3) is 0 Å². The molecule has 1 nitrogen and oxygen atoms in total. The van der Waals surface area contributed by atoms with Gasteiger partial charge in [-0.2, -0.15) is 5.26 Å². The third-order valence-electron chi connectivity index (χ3n) is 0.296. The van der Waals surface area contributed by atoms with E-state index in [9.17, 15) is 0 Å². The Balaban J connectivity index is 4.42. The van der Waals surface area contributed by atoms with Crippen molar-refractivity contribution in [2.45, 2.75) is 0 Å². The number of nitrogens with zero attached hydrogens (tertiary/aromatic N) is 1. The van der Waals surface area contributed by atoms with Gasteiger partial charge in [-0.05, 0) is 12.3 Å². The van der Waals surface area contributed by atoms with Crippen molar-refractivity contribution < 1.29 is 0 Å². The van der Waals surface area contributed by atoms with Crippen LogP contribution in [0.15, 0.2) is 23.1 Å². The van der Waals surface area contributed by atoms with E-state index in [1.807, 2.05) is 0 Å². The van der Waals surface area contributed by atoms with Crippen LogP contribution in [-0.4, -0.2) is 0 Å². The third kappa shape index (κ3) is 2.89. The molecule has 34 valence electrons. The first-order valence-electron chi connectivity index (χ1n) is 1.52. The lowest BCUT2D eigenvalue weighted by Gasteiger charge is -1.60. The zero-order valence-electron chi connectivity index (χ0n) is 3.53. The van der Waals surface area contributed by atoms with Crippen molar-refractivity contribution in [2.24, 2.45) is 0 Å². The Bertz CT molecular complexity index is 175. The van der Waals surface area contributed by atoms with E-state index in [4.69, 9.17) is 16.9 Å². The predicted molar refractivity (Wildman–Crippen MR) is 27.6 cm³/mol. The molecule has 0 atom stereocenters. The van der Waals surface area contributed by atoms with Gasteiger partial charge in [0.05, 0.1) is 0 Å². The normalized spacial score (nSPS) is 5.14. The maximum Gasteiger partial charge on any atom is 0.168 e. The first kappa shape index (κ1) is 6.08. The topological polar surface area (TPSA) is 23.8 Å². The van der Waals surface area contributed by atoms with Crippen molar-refractivity contribution in [3.05, 3.63) is 23.1 Å². The van der Waals surface area contributed by atoms with E-state index < -0.39 is 0 Å². The number of hydrogen-bond donors (Lipinski definition) is 0. The smallest absolute Gasteiger partial charge is 0.168 e. The third-order valence-corrected chi connectivity index (χ3v) is 0.475. The highest BCUT2D eigenvalue weighted by molar-refractivity contribution is 6.31. The molecule has 0 heterocycles. The molecule has 0 saturated heterocycles. The van der Waals surface area contributed by atoms with Crippen molar-refractivity contribution >= 4 is 11.6 Å². The summed E-state index contributed by atoms with van der Waals surface area (Å²) in [5.41, 5.74) is 4.48. The predicted octanol–water partition coefficient (Wildman–Crippen LogP) is 1.57. The average Bonchev–Trinajstić information content (AvgIpc) is 1.68. The molecule has 0 amide bonds. The minimum Gasteiger partial charge on any atom is -0.191 e. The molecule has 0 aliphatic carbocycles. The van der Waals surface area contributed by atoms with Gasteiger partial charge in [-0.15, -0.1) is 0 Å². The summed E-state index contributed by atoms with van der Waals surface area (Å²) >= 11 is 5.11. The van der Waals surface area contributed by atoms with Crippen molar-refractivity contribution in [3.8, 4) is 6.07 Å². The van der Waals surface area contributed by atoms with E-state index in [2.05, 4.69) is 18.0 Å². The van der Waals surface area contributed by atoms with Crippen LogP contribution in [0, 0.1) is 11.3 Å². The minimum absolute atomic E-state index is 0.0185. The van der Waals surface area contributed by atoms with Crippen LogP contribution in [0.5, 0.6) is 0 Å². The van der Waals surface area contributed by atoms with Crippen molar-refractivity contribution in [1.82, 2.24) is 0 Å². The van der Waals surface area contributed by atoms with E-state index in [0.717, 1.165) is 0 Å². The SMILES string of the molecule is C=C=C=C(Cl)C#N. The molecule has 0 aliphatic heterocycles. The summed E-state index contributed by atoms with van der Waals surface area (Å²) < 4.78 is 0. The molecule has 0 fully saturated rings. The van der Waals surface area contributed by atoms with Gasteiger partial charge in [-0.1, -0.05) is 17.3 Å². The molecular weight excluding hydrogens is 110 g/mol. The molecule has 0 aromatic heterocycles. The molecule has 0 saturated carbocycles. The van der Waals surface area contributed by atoms with Gasteiger partial charge < -0.3 is 0 Å². The van der Waals surface area contributed by atoms with Crippen molar-refractivity contribution in [3.63, 3.8) is 0 Å². The maximum atomic E-state index is 7.92. The van der Waals surface area contributed by atoms with E-state index in [-0.39, 0.29) is 5.03 Å². The Hall–Kier alpha value is -0.920. The molecule has 0 aromatic carbocycles. The maximum absolute atomic E-state index is 7.92. The van der Waals surface area contributed by atoms with Crippen molar-refractivity contribution in [1.29, 1.82) is 5.26 Å². The quantitative estimate of drug-likeness (QED) is 0.344. The zero-order chi connectivity index (χ0) is 5.70. The van der Waals surface area contributed by atoms with Gasteiger partial charge in [0.25, 0.3) is 0 Å². The Kier molecular flexibility index (Phi) is 2.85. The van der Waals surface area contributed by atoms with Gasteiger partial charge in [0, 0.05) is 0 Å². The van der Waals surface area contributed by atoms with Gasteiger partial charge in [0.2, 0.25) is 0 Å². The van der Waals surface area contributed by atoms with Gasteiger partial charge >= 0.3 is 0 Å². The van der Waals surface area contributed by atoms with Crippen LogP contribution in [0.1, 0.15) is 0 Å². The van der Waals surface area contributed by atoms with Gasteiger partial charge in [-0.25, -0.2) is 0 Å². The fraction of sp³-hybridized carbons (Fsp3) is 0. The molecule has 0 spiro atoms. The summed E-state index contributed by atoms with van der Waals surface area (Å²) in [5, 5.41) is 7.90. The van der Waals surface area contributed by atoms with E-state index >= 15 is 0 Å². The Labute approximate surface area is 46.8 Å². The highest BCUT2D eigenvalue weighted by atomic mass is 35.5. The molecule has 0 N–H and O–H groups in total. The largest absolute Gasteiger partial charge is 0.191 e. The fourth-order valence-electron chi connectivity index (χ4n) is 0.106. The molecule has 0 aromatic rings. The monoisotopic (exact) mass is 111 g/mol. The molecule has 0 bridgehead atoms. The number of rotatable bonds is 0. The number of halogens is 1.